The standard InChI is InChI=1S/C21H20BrNO6S/c22-14-9-15-17(11-23(21(26)27)19(15)16(10-14)20(24)25)13-6-7-30(28,29)18(8-13)12-4-2-1-3-5-12/h1-5,9-11,13,18,28-29H,6-8H2,(H,24,25)(H,26,27). The van der Waals surface area contributed by atoms with E-state index in [0.717, 1.165) is 10.1 Å². The van der Waals surface area contributed by atoms with Crippen LogP contribution in [0.2, 0.25) is 0 Å². The molecule has 0 saturated carbocycles. The Morgan fingerprint density at radius 3 is 2.43 bits per heavy atom. The van der Waals surface area contributed by atoms with Gasteiger partial charge in [-0.25, -0.2) is 9.59 Å². The molecule has 2 heterocycles. The third kappa shape index (κ3) is 3.62. The van der Waals surface area contributed by atoms with Crippen molar-refractivity contribution < 1.29 is 28.9 Å². The van der Waals surface area contributed by atoms with E-state index in [1.54, 1.807) is 6.07 Å². The molecule has 0 spiro atoms. The topological polar surface area (TPSA) is 120 Å². The zero-order valence-corrected chi connectivity index (χ0v) is 18.1. The highest BCUT2D eigenvalue weighted by Crippen LogP contribution is 2.62. The van der Waals surface area contributed by atoms with Crippen molar-refractivity contribution in [1.82, 2.24) is 4.57 Å². The summed E-state index contributed by atoms with van der Waals surface area (Å²) in [6.45, 7) is 0. The van der Waals surface area contributed by atoms with Crippen LogP contribution in [0.25, 0.3) is 10.9 Å². The van der Waals surface area contributed by atoms with Crippen molar-refractivity contribution in [2.75, 3.05) is 5.75 Å². The lowest BCUT2D eigenvalue weighted by molar-refractivity contribution is 0.0698. The molecule has 9 heteroatoms. The van der Waals surface area contributed by atoms with E-state index in [2.05, 4.69) is 15.9 Å². The third-order valence-corrected chi connectivity index (χ3v) is 8.33. The number of carboxylic acid groups (broad SMARTS) is 2. The Balaban J connectivity index is 1.85. The molecule has 3 aromatic rings. The van der Waals surface area contributed by atoms with Gasteiger partial charge in [0.1, 0.15) is 0 Å². The molecule has 7 nitrogen and oxygen atoms in total. The average Bonchev–Trinajstić information content (AvgIpc) is 3.07. The van der Waals surface area contributed by atoms with Gasteiger partial charge in [-0.15, -0.1) is 0 Å². The number of fused-ring (bicyclic) bond motifs is 1. The zero-order chi connectivity index (χ0) is 21.6. The van der Waals surface area contributed by atoms with Crippen LogP contribution in [0, 0.1) is 0 Å². The van der Waals surface area contributed by atoms with Crippen LogP contribution >= 0.6 is 26.5 Å². The van der Waals surface area contributed by atoms with E-state index in [-0.39, 0.29) is 22.8 Å². The van der Waals surface area contributed by atoms with Gasteiger partial charge in [0.2, 0.25) is 0 Å². The van der Waals surface area contributed by atoms with Crippen LogP contribution in [0.3, 0.4) is 0 Å². The molecule has 0 aliphatic carbocycles. The fraction of sp³-hybridized carbons (Fsp3) is 0.238. The second-order valence-corrected chi connectivity index (χ2v) is 10.8. The molecule has 1 aliphatic rings. The molecule has 2 unspecified atom stereocenters. The molecular weight excluding hydrogens is 474 g/mol. The Hall–Kier alpha value is -2.33. The lowest BCUT2D eigenvalue weighted by atomic mass is 9.89. The minimum atomic E-state index is -2.84. The van der Waals surface area contributed by atoms with Gasteiger partial charge in [0, 0.05) is 21.8 Å². The molecule has 0 amide bonds. The maximum atomic E-state index is 11.8. The van der Waals surface area contributed by atoms with E-state index < -0.39 is 27.9 Å². The van der Waals surface area contributed by atoms with Gasteiger partial charge < -0.3 is 10.2 Å². The lowest BCUT2D eigenvalue weighted by Crippen LogP contribution is -2.23. The number of carboxylic acids is 1. The summed E-state index contributed by atoms with van der Waals surface area (Å²) in [5.41, 5.74) is 1.55. The number of rotatable bonds is 3. The van der Waals surface area contributed by atoms with Crippen LogP contribution in [-0.2, 0) is 0 Å². The fourth-order valence-corrected chi connectivity index (χ4v) is 6.79. The summed E-state index contributed by atoms with van der Waals surface area (Å²) in [5, 5.41) is 19.3. The van der Waals surface area contributed by atoms with Gasteiger partial charge >= 0.3 is 12.1 Å². The van der Waals surface area contributed by atoms with Gasteiger partial charge in [0.15, 0.2) is 0 Å². The van der Waals surface area contributed by atoms with Gasteiger partial charge in [-0.1, -0.05) is 46.3 Å². The van der Waals surface area contributed by atoms with Crippen LogP contribution in [0.5, 0.6) is 0 Å². The van der Waals surface area contributed by atoms with Crippen molar-refractivity contribution in [3.8, 4) is 0 Å². The molecule has 0 radical (unpaired) electrons. The van der Waals surface area contributed by atoms with Gasteiger partial charge in [-0.05, 0) is 42.0 Å². The van der Waals surface area contributed by atoms with Crippen molar-refractivity contribution in [1.29, 1.82) is 0 Å². The highest BCUT2D eigenvalue weighted by Gasteiger charge is 2.37. The Kier molecular flexibility index (Phi) is 5.39. The predicted molar refractivity (Wildman–Crippen MR) is 119 cm³/mol. The van der Waals surface area contributed by atoms with Gasteiger partial charge in [0.05, 0.1) is 16.3 Å². The maximum Gasteiger partial charge on any atom is 0.416 e. The fourth-order valence-electron chi connectivity index (χ4n) is 4.28. The first-order valence-electron chi connectivity index (χ1n) is 9.30. The van der Waals surface area contributed by atoms with E-state index >= 15 is 0 Å². The summed E-state index contributed by atoms with van der Waals surface area (Å²) in [6, 6.07) is 12.4. The van der Waals surface area contributed by atoms with Crippen molar-refractivity contribution in [3.63, 3.8) is 0 Å². The molecule has 1 aromatic heterocycles. The van der Waals surface area contributed by atoms with Crippen LogP contribution in [0.1, 0.15) is 45.5 Å². The number of hydrogen-bond acceptors (Lipinski definition) is 4. The first-order chi connectivity index (χ1) is 14.2. The van der Waals surface area contributed by atoms with Crippen molar-refractivity contribution in [3.05, 3.63) is 69.8 Å². The van der Waals surface area contributed by atoms with Gasteiger partial charge in [0.25, 0.3) is 0 Å². The molecule has 2 atom stereocenters. The van der Waals surface area contributed by atoms with Crippen LogP contribution in [0.4, 0.5) is 4.79 Å². The highest BCUT2D eigenvalue weighted by atomic mass is 79.9. The first-order valence-corrected chi connectivity index (χ1v) is 11.9. The summed E-state index contributed by atoms with van der Waals surface area (Å²) < 4.78 is 22.8. The van der Waals surface area contributed by atoms with E-state index in [1.807, 2.05) is 30.3 Å². The highest BCUT2D eigenvalue weighted by molar-refractivity contribution is 9.10. The number of hydrogen-bond donors (Lipinski definition) is 4. The minimum Gasteiger partial charge on any atom is -0.478 e. The van der Waals surface area contributed by atoms with E-state index in [9.17, 15) is 28.9 Å². The largest absolute Gasteiger partial charge is 0.478 e. The Morgan fingerprint density at radius 2 is 1.80 bits per heavy atom. The minimum absolute atomic E-state index is 0.104. The van der Waals surface area contributed by atoms with Crippen LogP contribution in [-0.4, -0.2) is 41.7 Å². The SMILES string of the molecule is O=C(O)c1cc(Br)cc2c(C3CCS(O)(O)C(c4ccccc4)C3)cn(C(=O)O)c12. The molecule has 0 bridgehead atoms. The monoisotopic (exact) mass is 493 g/mol. The number of halogens is 1. The normalized spacial score (nSPS) is 22.0. The van der Waals surface area contributed by atoms with Crippen molar-refractivity contribution in [2.24, 2.45) is 0 Å². The van der Waals surface area contributed by atoms with E-state index in [4.69, 9.17) is 0 Å². The Labute approximate surface area is 182 Å². The Bertz CT molecular complexity index is 1140. The molecule has 158 valence electrons. The zero-order valence-electron chi connectivity index (χ0n) is 15.7. The number of aromatic carboxylic acids is 1. The third-order valence-electron chi connectivity index (χ3n) is 5.66. The molecular formula is C21H20BrNO6S. The summed E-state index contributed by atoms with van der Waals surface area (Å²) in [4.78, 5) is 23.6. The molecule has 4 N–H and O–H groups in total. The lowest BCUT2D eigenvalue weighted by Gasteiger charge is -2.46. The summed E-state index contributed by atoms with van der Waals surface area (Å²) in [6.07, 6.45) is 1.10. The summed E-state index contributed by atoms with van der Waals surface area (Å²) in [7, 11) is -2.84. The van der Waals surface area contributed by atoms with E-state index in [0.29, 0.717) is 28.3 Å². The molecule has 4 rings (SSSR count). The number of aromatic nitrogens is 1. The van der Waals surface area contributed by atoms with E-state index in [1.165, 1.54) is 12.3 Å². The molecule has 1 fully saturated rings. The number of benzene rings is 2. The molecule has 30 heavy (non-hydrogen) atoms. The van der Waals surface area contributed by atoms with Crippen LogP contribution < -0.4 is 0 Å². The molecule has 2 aromatic carbocycles. The van der Waals surface area contributed by atoms with Crippen molar-refractivity contribution >= 4 is 49.5 Å². The quantitative estimate of drug-likeness (QED) is 0.355. The number of carbonyl (C=O) groups is 2. The second kappa shape index (κ2) is 7.73. The van der Waals surface area contributed by atoms with Gasteiger partial charge in [-0.3, -0.25) is 13.7 Å². The first kappa shape index (κ1) is 20.9. The van der Waals surface area contributed by atoms with Gasteiger partial charge in [-0.2, -0.15) is 10.6 Å². The summed E-state index contributed by atoms with van der Waals surface area (Å²) in [5.74, 6) is -1.15. The summed E-state index contributed by atoms with van der Waals surface area (Å²) >= 11 is 3.33. The number of nitrogens with zero attached hydrogens (tertiary/aromatic N) is 1. The Morgan fingerprint density at radius 1 is 1.10 bits per heavy atom. The smallest absolute Gasteiger partial charge is 0.416 e. The maximum absolute atomic E-state index is 11.8. The molecule has 1 saturated heterocycles. The predicted octanol–water partition coefficient (Wildman–Crippen LogP) is 6.00. The van der Waals surface area contributed by atoms with Crippen molar-refractivity contribution in [2.45, 2.75) is 24.0 Å². The molecule has 1 aliphatic heterocycles. The second-order valence-electron chi connectivity index (χ2n) is 7.43. The van der Waals surface area contributed by atoms with Crippen LogP contribution in [0.15, 0.2) is 53.1 Å². The average molecular weight is 494 g/mol.